The Morgan fingerprint density at radius 2 is 2.00 bits per heavy atom. The maximum absolute atomic E-state index is 6.18. The highest BCUT2D eigenvalue weighted by atomic mass is 127. The smallest absolute Gasteiger partial charge is 0.191 e. The van der Waals surface area contributed by atoms with Gasteiger partial charge in [-0.2, -0.15) is 5.10 Å². The van der Waals surface area contributed by atoms with Gasteiger partial charge in [0.1, 0.15) is 0 Å². The summed E-state index contributed by atoms with van der Waals surface area (Å²) < 4.78 is 1.95. The van der Waals surface area contributed by atoms with Crippen LogP contribution in [0, 0.1) is 13.8 Å². The fourth-order valence-electron chi connectivity index (χ4n) is 3.23. The second kappa shape index (κ2) is 9.54. The molecule has 9 heteroatoms. The molecule has 2 aromatic rings. The SMILES string of the molecule is Cc1nn(C)c(C)c1CCCN=C(N)N1CCN(c2nccs2)CC1.I. The van der Waals surface area contributed by atoms with Crippen LogP contribution in [-0.4, -0.2) is 58.3 Å². The summed E-state index contributed by atoms with van der Waals surface area (Å²) in [5, 5.41) is 7.58. The first-order chi connectivity index (χ1) is 12.1. The Balaban J connectivity index is 0.00000243. The number of anilines is 1. The average molecular weight is 489 g/mol. The summed E-state index contributed by atoms with van der Waals surface area (Å²) in [7, 11) is 1.99. The molecule has 0 radical (unpaired) electrons. The third-order valence-electron chi connectivity index (χ3n) is 4.81. The van der Waals surface area contributed by atoms with Crippen LogP contribution in [0.15, 0.2) is 16.6 Å². The third kappa shape index (κ3) is 4.87. The second-order valence-electron chi connectivity index (χ2n) is 6.41. The summed E-state index contributed by atoms with van der Waals surface area (Å²) in [5.74, 6) is 0.665. The monoisotopic (exact) mass is 489 g/mol. The lowest BCUT2D eigenvalue weighted by molar-refractivity contribution is 0.380. The summed E-state index contributed by atoms with van der Waals surface area (Å²) in [4.78, 5) is 13.4. The molecule has 1 fully saturated rings. The maximum atomic E-state index is 6.18. The van der Waals surface area contributed by atoms with Crippen LogP contribution < -0.4 is 10.6 Å². The summed E-state index contributed by atoms with van der Waals surface area (Å²) in [5.41, 5.74) is 9.89. The molecule has 3 heterocycles. The van der Waals surface area contributed by atoms with E-state index in [0.717, 1.165) is 56.4 Å². The topological polar surface area (TPSA) is 75.6 Å². The summed E-state index contributed by atoms with van der Waals surface area (Å²) in [6.07, 6.45) is 3.85. The highest BCUT2D eigenvalue weighted by Gasteiger charge is 2.19. The van der Waals surface area contributed by atoms with Crippen LogP contribution in [0.4, 0.5) is 5.13 Å². The van der Waals surface area contributed by atoms with Gasteiger partial charge in [-0.3, -0.25) is 9.67 Å². The Labute approximate surface area is 176 Å². The lowest BCUT2D eigenvalue weighted by atomic mass is 10.1. The van der Waals surface area contributed by atoms with Gasteiger partial charge in [-0.1, -0.05) is 0 Å². The van der Waals surface area contributed by atoms with Gasteiger partial charge in [-0.05, 0) is 32.3 Å². The van der Waals surface area contributed by atoms with E-state index in [0.29, 0.717) is 5.96 Å². The Hall–Kier alpha value is -1.36. The average Bonchev–Trinajstić information content (AvgIpc) is 3.22. The first kappa shape index (κ1) is 20.9. The van der Waals surface area contributed by atoms with Crippen molar-refractivity contribution >= 4 is 46.4 Å². The molecule has 0 aromatic carbocycles. The standard InChI is InChI=1S/C17H27N7S.HI/c1-13-15(14(2)22(3)21-13)5-4-6-19-16(18)23-8-10-24(11-9-23)17-20-7-12-25-17;/h7,12H,4-6,8-11H2,1-3H3,(H2,18,19);1H. The van der Waals surface area contributed by atoms with Crippen LogP contribution in [0.5, 0.6) is 0 Å². The molecule has 3 rings (SSSR count). The molecule has 7 nitrogen and oxygen atoms in total. The van der Waals surface area contributed by atoms with Crippen LogP contribution in [0.1, 0.15) is 23.4 Å². The van der Waals surface area contributed by atoms with Crippen LogP contribution in [0.2, 0.25) is 0 Å². The first-order valence-electron chi connectivity index (χ1n) is 8.74. The van der Waals surface area contributed by atoms with Crippen molar-refractivity contribution in [3.8, 4) is 0 Å². The van der Waals surface area contributed by atoms with Crippen molar-refractivity contribution in [1.82, 2.24) is 19.7 Å². The fraction of sp³-hybridized carbons (Fsp3) is 0.588. The molecule has 0 atom stereocenters. The van der Waals surface area contributed by atoms with Gasteiger partial charge in [0.2, 0.25) is 0 Å². The van der Waals surface area contributed by atoms with Gasteiger partial charge < -0.3 is 15.5 Å². The quantitative estimate of drug-likeness (QED) is 0.302. The minimum atomic E-state index is 0. The van der Waals surface area contributed by atoms with E-state index in [1.165, 1.54) is 11.3 Å². The molecule has 0 bridgehead atoms. The molecular formula is C17H28IN7S. The predicted molar refractivity (Wildman–Crippen MR) is 119 cm³/mol. The van der Waals surface area contributed by atoms with E-state index >= 15 is 0 Å². The van der Waals surface area contributed by atoms with E-state index in [1.807, 2.05) is 23.3 Å². The minimum Gasteiger partial charge on any atom is -0.370 e. The van der Waals surface area contributed by atoms with Gasteiger partial charge in [0.25, 0.3) is 0 Å². The van der Waals surface area contributed by atoms with Gasteiger partial charge in [0.15, 0.2) is 11.1 Å². The van der Waals surface area contributed by atoms with Crippen molar-refractivity contribution in [1.29, 1.82) is 0 Å². The van der Waals surface area contributed by atoms with Gasteiger partial charge in [0, 0.05) is 57.0 Å². The Morgan fingerprint density at radius 3 is 2.58 bits per heavy atom. The lowest BCUT2D eigenvalue weighted by Gasteiger charge is -2.35. The number of guanidine groups is 1. The zero-order valence-electron chi connectivity index (χ0n) is 15.7. The number of nitrogens with zero attached hydrogens (tertiary/aromatic N) is 6. The number of rotatable bonds is 5. The number of nitrogens with two attached hydrogens (primary N) is 1. The van der Waals surface area contributed by atoms with Gasteiger partial charge in [-0.25, -0.2) is 4.98 Å². The van der Waals surface area contributed by atoms with Crippen molar-refractivity contribution in [2.45, 2.75) is 26.7 Å². The van der Waals surface area contributed by atoms with E-state index in [9.17, 15) is 0 Å². The van der Waals surface area contributed by atoms with Crippen molar-refractivity contribution in [3.63, 3.8) is 0 Å². The van der Waals surface area contributed by atoms with Crippen molar-refractivity contribution in [2.75, 3.05) is 37.6 Å². The molecule has 26 heavy (non-hydrogen) atoms. The van der Waals surface area contributed by atoms with Crippen LogP contribution in [0.25, 0.3) is 0 Å². The van der Waals surface area contributed by atoms with Crippen molar-refractivity contribution < 1.29 is 0 Å². The minimum absolute atomic E-state index is 0. The number of aromatic nitrogens is 3. The van der Waals surface area contributed by atoms with Gasteiger partial charge in [-0.15, -0.1) is 35.3 Å². The molecule has 1 saturated heterocycles. The molecule has 0 aliphatic carbocycles. The van der Waals surface area contributed by atoms with E-state index in [1.54, 1.807) is 11.3 Å². The Kier molecular flexibility index (Phi) is 7.69. The number of aliphatic imine (C=N–C) groups is 1. The van der Waals surface area contributed by atoms with Crippen molar-refractivity contribution in [3.05, 3.63) is 28.5 Å². The molecule has 0 amide bonds. The molecule has 1 aliphatic rings. The summed E-state index contributed by atoms with van der Waals surface area (Å²) in [6.45, 7) is 8.63. The molecule has 2 N–H and O–H groups in total. The van der Waals surface area contributed by atoms with Crippen molar-refractivity contribution in [2.24, 2.45) is 17.8 Å². The number of piperazine rings is 1. The van der Waals surface area contributed by atoms with Crippen LogP contribution >= 0.6 is 35.3 Å². The first-order valence-corrected chi connectivity index (χ1v) is 9.62. The third-order valence-corrected chi connectivity index (χ3v) is 5.64. The Morgan fingerprint density at radius 1 is 1.27 bits per heavy atom. The number of halogens is 1. The van der Waals surface area contributed by atoms with E-state index in [-0.39, 0.29) is 24.0 Å². The molecular weight excluding hydrogens is 461 g/mol. The number of thiazole rings is 1. The fourth-order valence-corrected chi connectivity index (χ4v) is 3.92. The number of hydrogen-bond acceptors (Lipinski definition) is 5. The normalized spacial score (nSPS) is 15.3. The number of hydrogen-bond donors (Lipinski definition) is 1. The van der Waals surface area contributed by atoms with Crippen LogP contribution in [0.3, 0.4) is 0 Å². The zero-order chi connectivity index (χ0) is 17.8. The lowest BCUT2D eigenvalue weighted by Crippen LogP contribution is -2.51. The highest BCUT2D eigenvalue weighted by molar-refractivity contribution is 14.0. The van der Waals surface area contributed by atoms with Gasteiger partial charge in [0.05, 0.1) is 5.69 Å². The molecule has 144 valence electrons. The Bertz CT molecular complexity index is 718. The molecule has 0 spiro atoms. The van der Waals surface area contributed by atoms with E-state index < -0.39 is 0 Å². The zero-order valence-corrected chi connectivity index (χ0v) is 18.8. The highest BCUT2D eigenvalue weighted by Crippen LogP contribution is 2.19. The van der Waals surface area contributed by atoms with Gasteiger partial charge >= 0.3 is 0 Å². The van der Waals surface area contributed by atoms with E-state index in [2.05, 4.69) is 38.7 Å². The molecule has 0 unspecified atom stereocenters. The second-order valence-corrected chi connectivity index (χ2v) is 7.28. The molecule has 0 saturated carbocycles. The maximum Gasteiger partial charge on any atom is 0.191 e. The predicted octanol–water partition coefficient (Wildman–Crippen LogP) is 2.18. The molecule has 1 aliphatic heterocycles. The largest absolute Gasteiger partial charge is 0.370 e. The summed E-state index contributed by atoms with van der Waals surface area (Å²) >= 11 is 1.69. The summed E-state index contributed by atoms with van der Waals surface area (Å²) in [6, 6.07) is 0. The molecule has 2 aromatic heterocycles. The number of aryl methyl sites for hydroxylation is 2. The van der Waals surface area contributed by atoms with E-state index in [4.69, 9.17) is 5.73 Å². The van der Waals surface area contributed by atoms with Crippen LogP contribution in [-0.2, 0) is 13.5 Å².